The second-order valence-corrected chi connectivity index (χ2v) is 7.97. The highest BCUT2D eigenvalue weighted by atomic mass is 35.5. The summed E-state index contributed by atoms with van der Waals surface area (Å²) in [5, 5.41) is 0.748. The van der Waals surface area contributed by atoms with Crippen LogP contribution in [0.15, 0.2) is 0 Å². The molecule has 5 nitrogen and oxygen atoms in total. The lowest BCUT2D eigenvalue weighted by atomic mass is 10.1. The van der Waals surface area contributed by atoms with Crippen LogP contribution < -0.4 is 0 Å². The van der Waals surface area contributed by atoms with E-state index in [1.165, 1.54) is 0 Å². The summed E-state index contributed by atoms with van der Waals surface area (Å²) in [4.78, 5) is 4.84. The van der Waals surface area contributed by atoms with Crippen molar-refractivity contribution in [2.24, 2.45) is 0 Å². The minimum absolute atomic E-state index is 0. The van der Waals surface area contributed by atoms with Gasteiger partial charge in [-0.3, -0.25) is 14.0 Å². The molecule has 3 saturated heterocycles. The maximum absolute atomic E-state index is 12.6. The lowest BCUT2D eigenvalue weighted by Crippen LogP contribution is -2.43. The largest absolute Gasteiger partial charge is 0.379 e. The van der Waals surface area contributed by atoms with E-state index in [9.17, 15) is 4.21 Å². The summed E-state index contributed by atoms with van der Waals surface area (Å²) in [5.41, 5.74) is 0. The van der Waals surface area contributed by atoms with Crippen LogP contribution in [0, 0.1) is 0 Å². The van der Waals surface area contributed by atoms with Gasteiger partial charge in [-0.15, -0.1) is 24.8 Å². The highest BCUT2D eigenvalue weighted by Gasteiger charge is 2.35. The van der Waals surface area contributed by atoms with Crippen LogP contribution in [0.3, 0.4) is 0 Å². The fraction of sp³-hybridized carbons (Fsp3) is 1.00. The number of nitrogens with zero attached hydrogens (tertiary/aromatic N) is 2. The van der Waals surface area contributed by atoms with Gasteiger partial charge in [-0.25, -0.2) is 0 Å². The van der Waals surface area contributed by atoms with Gasteiger partial charge in [0.1, 0.15) is 0 Å². The quantitative estimate of drug-likeness (QED) is 0.726. The molecule has 3 fully saturated rings. The van der Waals surface area contributed by atoms with E-state index in [2.05, 4.69) is 9.80 Å². The van der Waals surface area contributed by atoms with Gasteiger partial charge in [-0.1, -0.05) is 0 Å². The Kier molecular flexibility index (Phi) is 9.78. The van der Waals surface area contributed by atoms with Crippen molar-refractivity contribution in [1.82, 2.24) is 9.80 Å². The monoisotopic (exact) mass is 374 g/mol. The fourth-order valence-corrected chi connectivity index (χ4v) is 5.35. The summed E-state index contributed by atoms with van der Waals surface area (Å²) in [6.07, 6.45) is 2.25. The Morgan fingerprint density at radius 1 is 0.773 bits per heavy atom. The zero-order valence-corrected chi connectivity index (χ0v) is 15.4. The first-order valence-corrected chi connectivity index (χ1v) is 9.10. The molecule has 8 heteroatoms. The molecule has 0 bridgehead atoms. The van der Waals surface area contributed by atoms with Crippen molar-refractivity contribution in [3.8, 4) is 0 Å². The highest BCUT2D eigenvalue weighted by Crippen LogP contribution is 2.25. The summed E-state index contributed by atoms with van der Waals surface area (Å²) in [5.74, 6) is 0. The van der Waals surface area contributed by atoms with E-state index in [1.54, 1.807) is 0 Å². The summed E-state index contributed by atoms with van der Waals surface area (Å²) < 4.78 is 23.4. The van der Waals surface area contributed by atoms with Gasteiger partial charge in [0, 0.05) is 60.6 Å². The Hall–Kier alpha value is 0.570. The molecule has 0 N–H and O–H groups in total. The molecule has 2 unspecified atom stereocenters. The fourth-order valence-electron chi connectivity index (χ4n) is 3.35. The number of ether oxygens (including phenoxy) is 2. The first kappa shape index (κ1) is 20.6. The predicted octanol–water partition coefficient (Wildman–Crippen LogP) is 0.774. The second-order valence-electron chi connectivity index (χ2n) is 5.98. The van der Waals surface area contributed by atoms with Gasteiger partial charge in [0.2, 0.25) is 0 Å². The molecule has 0 aromatic carbocycles. The number of halogens is 2. The molecule has 3 aliphatic heterocycles. The topological polar surface area (TPSA) is 42.0 Å². The summed E-state index contributed by atoms with van der Waals surface area (Å²) in [7, 11) is -0.667. The second kappa shape index (κ2) is 10.4. The minimum Gasteiger partial charge on any atom is -0.379 e. The van der Waals surface area contributed by atoms with Crippen molar-refractivity contribution in [1.29, 1.82) is 0 Å². The molecule has 0 aromatic rings. The van der Waals surface area contributed by atoms with E-state index in [4.69, 9.17) is 9.47 Å². The van der Waals surface area contributed by atoms with Crippen molar-refractivity contribution < 1.29 is 13.7 Å². The first-order valence-electron chi connectivity index (χ1n) is 7.82. The molecule has 22 heavy (non-hydrogen) atoms. The van der Waals surface area contributed by atoms with Crippen molar-refractivity contribution >= 4 is 35.6 Å². The van der Waals surface area contributed by atoms with Crippen LogP contribution in [-0.4, -0.2) is 90.2 Å². The van der Waals surface area contributed by atoms with Crippen molar-refractivity contribution in [2.45, 2.75) is 23.3 Å². The standard InChI is InChI=1S/C14H26N2O3S.2ClH/c17-20-13(11-15-3-7-18-8-4-15)1-2-14(20)12-16-5-9-19-10-6-16;;/h13-14H,1-12H2;2*1H. The van der Waals surface area contributed by atoms with Crippen LogP contribution in [0.25, 0.3) is 0 Å². The van der Waals surface area contributed by atoms with Crippen LogP contribution >= 0.6 is 24.8 Å². The molecule has 132 valence electrons. The Bertz CT molecular complexity index is 310. The Labute approximate surface area is 148 Å². The van der Waals surface area contributed by atoms with Gasteiger partial charge in [-0.05, 0) is 12.8 Å². The summed E-state index contributed by atoms with van der Waals surface area (Å²) in [6.45, 7) is 9.32. The highest BCUT2D eigenvalue weighted by molar-refractivity contribution is 7.86. The normalized spacial score (nSPS) is 33.9. The van der Waals surface area contributed by atoms with Crippen molar-refractivity contribution in [3.63, 3.8) is 0 Å². The Balaban J connectivity index is 0.00000121. The van der Waals surface area contributed by atoms with E-state index in [-0.39, 0.29) is 24.8 Å². The molecular formula is C14H28Cl2N2O3S. The average molecular weight is 375 g/mol. The zero-order chi connectivity index (χ0) is 13.8. The van der Waals surface area contributed by atoms with E-state index in [0.717, 1.165) is 78.5 Å². The van der Waals surface area contributed by atoms with Crippen molar-refractivity contribution in [3.05, 3.63) is 0 Å². The molecule has 3 rings (SSSR count). The smallest absolute Gasteiger partial charge is 0.0594 e. The molecule has 0 aromatic heterocycles. The number of morpholine rings is 2. The van der Waals surface area contributed by atoms with Gasteiger partial charge < -0.3 is 9.47 Å². The van der Waals surface area contributed by atoms with Gasteiger partial charge >= 0.3 is 0 Å². The van der Waals surface area contributed by atoms with Crippen molar-refractivity contribution in [2.75, 3.05) is 65.7 Å². The third-order valence-electron chi connectivity index (χ3n) is 4.60. The zero-order valence-electron chi connectivity index (χ0n) is 13.0. The van der Waals surface area contributed by atoms with E-state index in [1.807, 2.05) is 0 Å². The Morgan fingerprint density at radius 3 is 1.50 bits per heavy atom. The van der Waals surface area contributed by atoms with Crippen LogP contribution in [-0.2, 0) is 20.3 Å². The maximum atomic E-state index is 12.6. The lowest BCUT2D eigenvalue weighted by molar-refractivity contribution is 0.0375. The summed E-state index contributed by atoms with van der Waals surface area (Å²) >= 11 is 0. The molecule has 2 atom stereocenters. The van der Waals surface area contributed by atoms with Gasteiger partial charge in [0.05, 0.1) is 26.4 Å². The van der Waals surface area contributed by atoms with E-state index < -0.39 is 10.8 Å². The molecule has 0 radical (unpaired) electrons. The lowest BCUT2D eigenvalue weighted by Gasteiger charge is -2.30. The SMILES string of the molecule is Cl.Cl.O=S1C(CN2CCOCC2)CCC1CN1CCOCC1. The predicted molar refractivity (Wildman–Crippen MR) is 94.0 cm³/mol. The molecule has 0 amide bonds. The van der Waals surface area contributed by atoms with Crippen LogP contribution in [0.4, 0.5) is 0 Å². The van der Waals surface area contributed by atoms with Crippen LogP contribution in [0.5, 0.6) is 0 Å². The van der Waals surface area contributed by atoms with Crippen LogP contribution in [0.1, 0.15) is 12.8 Å². The average Bonchev–Trinajstić information content (AvgIpc) is 2.83. The number of rotatable bonds is 4. The molecule has 3 aliphatic rings. The van der Waals surface area contributed by atoms with Gasteiger partial charge in [-0.2, -0.15) is 0 Å². The maximum Gasteiger partial charge on any atom is 0.0594 e. The minimum atomic E-state index is -0.667. The van der Waals surface area contributed by atoms with Gasteiger partial charge in [0.15, 0.2) is 0 Å². The van der Waals surface area contributed by atoms with E-state index >= 15 is 0 Å². The third-order valence-corrected chi connectivity index (χ3v) is 6.68. The van der Waals surface area contributed by atoms with Crippen LogP contribution in [0.2, 0.25) is 0 Å². The first-order chi connectivity index (χ1) is 9.83. The van der Waals surface area contributed by atoms with Gasteiger partial charge in [0.25, 0.3) is 0 Å². The Morgan fingerprint density at radius 2 is 1.14 bits per heavy atom. The molecule has 0 saturated carbocycles. The number of hydrogen-bond acceptors (Lipinski definition) is 5. The molecular weight excluding hydrogens is 347 g/mol. The molecule has 0 spiro atoms. The molecule has 3 heterocycles. The third kappa shape index (κ3) is 5.58. The van der Waals surface area contributed by atoms with E-state index in [0.29, 0.717) is 10.5 Å². The summed E-state index contributed by atoms with van der Waals surface area (Å²) in [6, 6.07) is 0. The number of hydrogen-bond donors (Lipinski definition) is 0. The molecule has 0 aliphatic carbocycles.